The Balaban J connectivity index is 1.76. The number of nitrogens with zero attached hydrogens (tertiary/aromatic N) is 4. The Morgan fingerprint density at radius 3 is 2.89 bits per heavy atom. The molecule has 0 aliphatic rings. The molecule has 0 aliphatic heterocycles. The van der Waals surface area contributed by atoms with E-state index in [1.165, 1.54) is 17.8 Å². The van der Waals surface area contributed by atoms with Crippen LogP contribution in [0.2, 0.25) is 0 Å². The normalized spacial score (nSPS) is 11.8. The molecule has 0 radical (unpaired) electrons. The number of aryl methyl sites for hydroxylation is 1. The molecule has 2 heterocycles. The second-order valence-electron chi connectivity index (χ2n) is 6.16. The summed E-state index contributed by atoms with van der Waals surface area (Å²) in [5.41, 5.74) is 1.78. The fraction of sp³-hybridized carbons (Fsp3) is 0.200. The average Bonchev–Trinajstić information content (AvgIpc) is 3.08. The molecule has 3 rings (SSSR count). The van der Waals surface area contributed by atoms with Crippen LogP contribution in [0.4, 0.5) is 10.1 Å². The van der Waals surface area contributed by atoms with Gasteiger partial charge in [-0.1, -0.05) is 23.9 Å². The van der Waals surface area contributed by atoms with Crippen molar-refractivity contribution in [3.63, 3.8) is 0 Å². The highest BCUT2D eigenvalue weighted by molar-refractivity contribution is 8.00. The molecule has 6 nitrogen and oxygen atoms in total. The lowest BCUT2D eigenvalue weighted by Crippen LogP contribution is -2.23. The first-order chi connectivity index (χ1) is 13.5. The van der Waals surface area contributed by atoms with Crippen LogP contribution in [-0.4, -0.2) is 30.9 Å². The summed E-state index contributed by atoms with van der Waals surface area (Å²) in [4.78, 5) is 16.6. The van der Waals surface area contributed by atoms with Gasteiger partial charge < -0.3 is 5.32 Å². The molecule has 8 heteroatoms. The molecule has 144 valence electrons. The van der Waals surface area contributed by atoms with Crippen molar-refractivity contribution in [1.82, 2.24) is 19.7 Å². The van der Waals surface area contributed by atoms with Crippen molar-refractivity contribution in [2.75, 3.05) is 5.32 Å². The number of carbonyl (C=O) groups is 1. The maximum absolute atomic E-state index is 13.7. The highest BCUT2D eigenvalue weighted by Crippen LogP contribution is 2.27. The van der Waals surface area contributed by atoms with E-state index >= 15 is 0 Å². The van der Waals surface area contributed by atoms with Crippen LogP contribution in [0.3, 0.4) is 0 Å². The highest BCUT2D eigenvalue weighted by atomic mass is 32.2. The van der Waals surface area contributed by atoms with Gasteiger partial charge in [0, 0.05) is 30.2 Å². The van der Waals surface area contributed by atoms with Crippen LogP contribution in [-0.2, 0) is 11.3 Å². The van der Waals surface area contributed by atoms with Gasteiger partial charge >= 0.3 is 0 Å². The van der Waals surface area contributed by atoms with E-state index in [1.54, 1.807) is 44.4 Å². The lowest BCUT2D eigenvalue weighted by molar-refractivity contribution is -0.115. The molecule has 0 bridgehead atoms. The minimum absolute atomic E-state index is 0.246. The Bertz CT molecular complexity index is 990. The Morgan fingerprint density at radius 1 is 1.39 bits per heavy atom. The zero-order valence-corrected chi connectivity index (χ0v) is 16.4. The minimum Gasteiger partial charge on any atom is -0.325 e. The predicted molar refractivity (Wildman–Crippen MR) is 109 cm³/mol. The third-order valence-electron chi connectivity index (χ3n) is 4.04. The van der Waals surface area contributed by atoms with Crippen LogP contribution >= 0.6 is 11.8 Å². The molecule has 1 atom stereocenters. The van der Waals surface area contributed by atoms with Crippen molar-refractivity contribution < 1.29 is 9.18 Å². The van der Waals surface area contributed by atoms with Crippen molar-refractivity contribution in [2.24, 2.45) is 0 Å². The number of benzene rings is 1. The lowest BCUT2D eigenvalue weighted by atomic mass is 10.2. The van der Waals surface area contributed by atoms with Crippen molar-refractivity contribution in [3.8, 4) is 11.4 Å². The zero-order chi connectivity index (χ0) is 20.1. The number of hydrogen-bond donors (Lipinski definition) is 1. The van der Waals surface area contributed by atoms with Gasteiger partial charge in [0.15, 0.2) is 11.0 Å². The molecule has 1 amide bonds. The summed E-state index contributed by atoms with van der Waals surface area (Å²) >= 11 is 1.28. The molecule has 1 aromatic carbocycles. The first-order valence-electron chi connectivity index (χ1n) is 8.67. The third-order valence-corrected chi connectivity index (χ3v) is 5.12. The van der Waals surface area contributed by atoms with Crippen LogP contribution < -0.4 is 5.32 Å². The van der Waals surface area contributed by atoms with Gasteiger partial charge in [-0.3, -0.25) is 14.3 Å². The summed E-state index contributed by atoms with van der Waals surface area (Å²) in [5, 5.41) is 11.3. The summed E-state index contributed by atoms with van der Waals surface area (Å²) in [6.45, 7) is 7.72. The van der Waals surface area contributed by atoms with E-state index in [4.69, 9.17) is 0 Å². The summed E-state index contributed by atoms with van der Waals surface area (Å²) < 4.78 is 15.6. The third kappa shape index (κ3) is 4.45. The summed E-state index contributed by atoms with van der Waals surface area (Å²) in [6, 6.07) is 8.34. The smallest absolute Gasteiger partial charge is 0.237 e. The van der Waals surface area contributed by atoms with E-state index in [0.29, 0.717) is 28.8 Å². The van der Waals surface area contributed by atoms with Gasteiger partial charge in [-0.25, -0.2) is 4.39 Å². The summed E-state index contributed by atoms with van der Waals surface area (Å²) in [7, 11) is 0. The number of hydrogen-bond acceptors (Lipinski definition) is 5. The van der Waals surface area contributed by atoms with E-state index in [0.717, 1.165) is 5.56 Å². The van der Waals surface area contributed by atoms with E-state index in [9.17, 15) is 9.18 Å². The SMILES string of the molecule is C=CCn1c(S[C@@H](C)C(=O)Nc2ccc(C)c(F)c2)nnc1-c1cccnc1. The van der Waals surface area contributed by atoms with Crippen molar-refractivity contribution >= 4 is 23.4 Å². The first kappa shape index (κ1) is 19.8. The van der Waals surface area contributed by atoms with E-state index in [1.807, 2.05) is 16.7 Å². The predicted octanol–water partition coefficient (Wildman–Crippen LogP) is 4.09. The number of amides is 1. The largest absolute Gasteiger partial charge is 0.325 e. The molecular weight excluding hydrogens is 377 g/mol. The van der Waals surface area contributed by atoms with Crippen LogP contribution in [0.1, 0.15) is 12.5 Å². The molecule has 0 fully saturated rings. The molecule has 3 aromatic rings. The van der Waals surface area contributed by atoms with Crippen LogP contribution in [0.15, 0.2) is 60.5 Å². The second-order valence-corrected chi connectivity index (χ2v) is 7.47. The molecule has 0 unspecified atom stereocenters. The standard InChI is InChI=1S/C20H20FN5OS/c1-4-10-26-18(15-6-5-9-22-12-15)24-25-20(26)28-14(3)19(27)23-16-8-7-13(2)17(21)11-16/h4-9,11-12,14H,1,10H2,2-3H3,(H,23,27)/t14-/m0/s1. The number of carbonyl (C=O) groups excluding carboxylic acids is 1. The number of aromatic nitrogens is 4. The molecule has 0 aliphatic carbocycles. The van der Waals surface area contributed by atoms with Crippen molar-refractivity contribution in [1.29, 1.82) is 0 Å². The van der Waals surface area contributed by atoms with E-state index in [-0.39, 0.29) is 11.7 Å². The van der Waals surface area contributed by atoms with Crippen molar-refractivity contribution in [3.05, 3.63) is 66.8 Å². The molecule has 1 N–H and O–H groups in total. The van der Waals surface area contributed by atoms with Crippen molar-refractivity contribution in [2.45, 2.75) is 30.8 Å². The van der Waals surface area contributed by atoms with Gasteiger partial charge in [0.2, 0.25) is 5.91 Å². The van der Waals surface area contributed by atoms with Crippen LogP contribution in [0.5, 0.6) is 0 Å². The van der Waals surface area contributed by atoms with Gasteiger partial charge in [0.1, 0.15) is 5.82 Å². The number of rotatable bonds is 7. The molecule has 0 saturated heterocycles. The number of nitrogens with one attached hydrogen (secondary N) is 1. The molecule has 0 saturated carbocycles. The van der Waals surface area contributed by atoms with E-state index < -0.39 is 5.25 Å². The van der Waals surface area contributed by atoms with Gasteiger partial charge in [-0.2, -0.15) is 0 Å². The monoisotopic (exact) mass is 397 g/mol. The quantitative estimate of drug-likeness (QED) is 0.480. The number of allylic oxidation sites excluding steroid dienone is 1. The number of thioether (sulfide) groups is 1. The lowest BCUT2D eigenvalue weighted by Gasteiger charge is -2.13. The fourth-order valence-electron chi connectivity index (χ4n) is 2.50. The molecule has 2 aromatic heterocycles. The van der Waals surface area contributed by atoms with Gasteiger partial charge in [-0.15, -0.1) is 16.8 Å². The van der Waals surface area contributed by atoms with Crippen LogP contribution in [0, 0.1) is 12.7 Å². The Morgan fingerprint density at radius 2 is 2.21 bits per heavy atom. The van der Waals surface area contributed by atoms with Gasteiger partial charge in [-0.05, 0) is 43.7 Å². The topological polar surface area (TPSA) is 72.7 Å². The molecule has 28 heavy (non-hydrogen) atoms. The van der Waals surface area contributed by atoms with Crippen LogP contribution in [0.25, 0.3) is 11.4 Å². The number of pyridine rings is 1. The number of anilines is 1. The zero-order valence-electron chi connectivity index (χ0n) is 15.6. The maximum atomic E-state index is 13.7. The first-order valence-corrected chi connectivity index (χ1v) is 9.55. The van der Waals surface area contributed by atoms with E-state index in [2.05, 4.69) is 27.1 Å². The molecule has 0 spiro atoms. The van der Waals surface area contributed by atoms with Gasteiger partial charge in [0.05, 0.1) is 5.25 Å². The highest BCUT2D eigenvalue weighted by Gasteiger charge is 2.21. The minimum atomic E-state index is -0.459. The summed E-state index contributed by atoms with van der Waals surface area (Å²) in [6.07, 6.45) is 5.14. The Kier molecular flexibility index (Phi) is 6.20. The summed E-state index contributed by atoms with van der Waals surface area (Å²) in [5.74, 6) is 0.0537. The maximum Gasteiger partial charge on any atom is 0.237 e. The Hall–Kier alpha value is -3.00. The fourth-order valence-corrected chi connectivity index (χ4v) is 3.36. The number of halogens is 1. The average molecular weight is 397 g/mol. The Labute approximate surface area is 166 Å². The van der Waals surface area contributed by atoms with Gasteiger partial charge in [0.25, 0.3) is 0 Å². The second kappa shape index (κ2) is 8.79. The molecular formula is C20H20FN5OS.